The van der Waals surface area contributed by atoms with Crippen LogP contribution in [0.25, 0.3) is 5.76 Å². The first kappa shape index (κ1) is 22.5. The highest BCUT2D eigenvalue weighted by molar-refractivity contribution is 6.46. The Hall–Kier alpha value is -3.19. The van der Waals surface area contributed by atoms with E-state index in [-0.39, 0.29) is 36.7 Å². The van der Waals surface area contributed by atoms with E-state index in [1.807, 2.05) is 27.7 Å². The van der Waals surface area contributed by atoms with Crippen LogP contribution in [0.2, 0.25) is 0 Å². The van der Waals surface area contributed by atoms with Crippen LogP contribution in [0.5, 0.6) is 5.75 Å². The summed E-state index contributed by atoms with van der Waals surface area (Å²) in [4.78, 5) is 31.3. The van der Waals surface area contributed by atoms with Gasteiger partial charge < -0.3 is 19.5 Å². The molecule has 1 atom stereocenters. The van der Waals surface area contributed by atoms with E-state index in [0.29, 0.717) is 16.9 Å². The molecule has 7 heteroatoms. The molecule has 7 nitrogen and oxygen atoms in total. The number of aliphatic hydroxyl groups is 1. The molecule has 1 N–H and O–H groups in total. The predicted octanol–water partition coefficient (Wildman–Crippen LogP) is 3.72. The molecular formula is C24H28N2O5. The number of likely N-dealkylation sites (tertiary alicyclic amines) is 1. The maximum absolute atomic E-state index is 13.0. The number of Topliss-reactive ketones (excluding diaryl/α,β-unsaturated/α-hetero) is 1. The smallest absolute Gasteiger partial charge is 0.295 e. The van der Waals surface area contributed by atoms with Crippen molar-refractivity contribution in [1.82, 2.24) is 9.88 Å². The van der Waals surface area contributed by atoms with Crippen molar-refractivity contribution in [2.45, 2.75) is 45.9 Å². The summed E-state index contributed by atoms with van der Waals surface area (Å²) in [6.07, 6.45) is 3.15. The molecule has 0 radical (unpaired) electrons. The minimum Gasteiger partial charge on any atom is -0.507 e. The van der Waals surface area contributed by atoms with Crippen LogP contribution in [0.3, 0.4) is 0 Å². The molecule has 2 aromatic rings. The zero-order chi connectivity index (χ0) is 22.5. The first-order valence-corrected chi connectivity index (χ1v) is 10.4. The Bertz CT molecular complexity index is 969. The first-order chi connectivity index (χ1) is 14.8. The fourth-order valence-corrected chi connectivity index (χ4v) is 3.53. The van der Waals surface area contributed by atoms with Crippen LogP contribution in [0.15, 0.2) is 54.4 Å². The minimum absolute atomic E-state index is 0.0000979. The Morgan fingerprint density at radius 3 is 2.45 bits per heavy atom. The number of hydrogen-bond acceptors (Lipinski definition) is 6. The Kier molecular flexibility index (Phi) is 7.07. The Morgan fingerprint density at radius 1 is 1.10 bits per heavy atom. The Labute approximate surface area is 182 Å². The number of carbonyl (C=O) groups is 2. The normalized spacial score (nSPS) is 18.3. The fraction of sp³-hybridized carbons (Fsp3) is 0.375. The third-order valence-electron chi connectivity index (χ3n) is 4.82. The van der Waals surface area contributed by atoms with E-state index in [0.717, 1.165) is 0 Å². The van der Waals surface area contributed by atoms with Crippen LogP contribution in [-0.4, -0.2) is 52.0 Å². The number of benzene rings is 1. The van der Waals surface area contributed by atoms with Crippen LogP contribution in [0.4, 0.5) is 0 Å². The number of aromatic nitrogens is 1. The molecule has 1 aromatic heterocycles. The van der Waals surface area contributed by atoms with Crippen molar-refractivity contribution < 1.29 is 24.2 Å². The summed E-state index contributed by atoms with van der Waals surface area (Å²) in [5.74, 6) is -1.05. The van der Waals surface area contributed by atoms with Crippen molar-refractivity contribution in [3.05, 3.63) is 65.5 Å². The SMILES string of the molecule is CC(C)OCCN1C(=O)C(=O)/C(=C(\O)c2cccc(OC(C)C)c2)C1c1ccncc1. The van der Waals surface area contributed by atoms with Crippen LogP contribution in [0, 0.1) is 0 Å². The van der Waals surface area contributed by atoms with E-state index in [2.05, 4.69) is 4.98 Å². The maximum Gasteiger partial charge on any atom is 0.295 e. The number of aliphatic hydroxyl groups excluding tert-OH is 1. The molecule has 1 unspecified atom stereocenters. The summed E-state index contributed by atoms with van der Waals surface area (Å²) < 4.78 is 11.3. The monoisotopic (exact) mass is 424 g/mol. The number of carbonyl (C=O) groups excluding carboxylic acids is 2. The second kappa shape index (κ2) is 9.75. The topological polar surface area (TPSA) is 89.0 Å². The summed E-state index contributed by atoms with van der Waals surface area (Å²) in [6.45, 7) is 8.12. The molecule has 1 saturated heterocycles. The number of rotatable bonds is 8. The highest BCUT2D eigenvalue weighted by Gasteiger charge is 2.45. The molecule has 164 valence electrons. The first-order valence-electron chi connectivity index (χ1n) is 10.4. The lowest BCUT2D eigenvalue weighted by Gasteiger charge is -2.25. The summed E-state index contributed by atoms with van der Waals surface area (Å²) in [6, 6.07) is 9.60. The summed E-state index contributed by atoms with van der Waals surface area (Å²) in [5.41, 5.74) is 1.14. The van der Waals surface area contributed by atoms with Crippen molar-refractivity contribution in [2.75, 3.05) is 13.2 Å². The molecule has 1 amide bonds. The Balaban J connectivity index is 2.05. The maximum atomic E-state index is 13.0. The number of pyridine rings is 1. The molecule has 1 fully saturated rings. The number of amides is 1. The summed E-state index contributed by atoms with van der Waals surface area (Å²) in [7, 11) is 0. The van der Waals surface area contributed by atoms with Gasteiger partial charge in [0.25, 0.3) is 11.7 Å². The lowest BCUT2D eigenvalue weighted by Crippen LogP contribution is -2.33. The van der Waals surface area contributed by atoms with E-state index in [1.165, 1.54) is 4.90 Å². The quantitative estimate of drug-likeness (QED) is 0.395. The van der Waals surface area contributed by atoms with E-state index in [4.69, 9.17) is 9.47 Å². The second-order valence-corrected chi connectivity index (χ2v) is 7.89. The van der Waals surface area contributed by atoms with Crippen LogP contribution in [0.1, 0.15) is 44.9 Å². The lowest BCUT2D eigenvalue weighted by atomic mass is 9.96. The fourth-order valence-electron chi connectivity index (χ4n) is 3.53. The molecule has 0 aliphatic carbocycles. The highest BCUT2D eigenvalue weighted by Crippen LogP contribution is 2.39. The van der Waals surface area contributed by atoms with Crippen molar-refractivity contribution in [3.63, 3.8) is 0 Å². The van der Waals surface area contributed by atoms with E-state index >= 15 is 0 Å². The predicted molar refractivity (Wildman–Crippen MR) is 117 cm³/mol. The van der Waals surface area contributed by atoms with Crippen LogP contribution < -0.4 is 4.74 Å². The molecule has 0 saturated carbocycles. The Morgan fingerprint density at radius 2 is 1.81 bits per heavy atom. The molecule has 1 aliphatic rings. The summed E-state index contributed by atoms with van der Waals surface area (Å²) >= 11 is 0. The molecule has 0 spiro atoms. The molecule has 1 aromatic carbocycles. The zero-order valence-corrected chi connectivity index (χ0v) is 18.2. The molecule has 1 aliphatic heterocycles. The number of ketones is 1. The van der Waals surface area contributed by atoms with Crippen molar-refractivity contribution in [1.29, 1.82) is 0 Å². The number of hydrogen-bond donors (Lipinski definition) is 1. The highest BCUT2D eigenvalue weighted by atomic mass is 16.5. The van der Waals surface area contributed by atoms with E-state index in [1.54, 1.807) is 48.8 Å². The van der Waals surface area contributed by atoms with Gasteiger partial charge >= 0.3 is 0 Å². The van der Waals surface area contributed by atoms with Gasteiger partial charge in [0.05, 0.1) is 30.4 Å². The largest absolute Gasteiger partial charge is 0.507 e. The lowest BCUT2D eigenvalue weighted by molar-refractivity contribution is -0.140. The average Bonchev–Trinajstić information content (AvgIpc) is 2.98. The summed E-state index contributed by atoms with van der Waals surface area (Å²) in [5, 5.41) is 11.1. The van der Waals surface area contributed by atoms with Gasteiger partial charge in [0.2, 0.25) is 0 Å². The van der Waals surface area contributed by atoms with E-state index < -0.39 is 17.7 Å². The van der Waals surface area contributed by atoms with Crippen molar-refractivity contribution >= 4 is 17.4 Å². The number of ether oxygens (including phenoxy) is 2. The third kappa shape index (κ3) is 5.11. The van der Waals surface area contributed by atoms with Gasteiger partial charge in [-0.05, 0) is 57.5 Å². The second-order valence-electron chi connectivity index (χ2n) is 7.89. The van der Waals surface area contributed by atoms with E-state index in [9.17, 15) is 14.7 Å². The van der Waals surface area contributed by atoms with Gasteiger partial charge in [-0.15, -0.1) is 0 Å². The third-order valence-corrected chi connectivity index (χ3v) is 4.82. The standard InChI is InChI=1S/C24H28N2O5/c1-15(2)30-13-12-26-21(17-8-10-25-11-9-17)20(23(28)24(26)29)22(27)18-6-5-7-19(14-18)31-16(3)4/h5-11,14-16,21,27H,12-13H2,1-4H3/b22-20-. The van der Waals surface area contributed by atoms with Crippen molar-refractivity contribution in [3.8, 4) is 5.75 Å². The van der Waals surface area contributed by atoms with Gasteiger partial charge in [0, 0.05) is 24.5 Å². The molecule has 2 heterocycles. The average molecular weight is 424 g/mol. The van der Waals surface area contributed by atoms with Crippen LogP contribution >= 0.6 is 0 Å². The van der Waals surface area contributed by atoms with Crippen LogP contribution in [-0.2, 0) is 14.3 Å². The van der Waals surface area contributed by atoms with Gasteiger partial charge in [0.1, 0.15) is 11.5 Å². The van der Waals surface area contributed by atoms with Gasteiger partial charge in [-0.3, -0.25) is 14.6 Å². The van der Waals surface area contributed by atoms with Crippen molar-refractivity contribution in [2.24, 2.45) is 0 Å². The van der Waals surface area contributed by atoms with Gasteiger partial charge in [-0.2, -0.15) is 0 Å². The van der Waals surface area contributed by atoms with Gasteiger partial charge in [-0.1, -0.05) is 12.1 Å². The minimum atomic E-state index is -0.728. The van der Waals surface area contributed by atoms with Gasteiger partial charge in [-0.25, -0.2) is 0 Å². The molecule has 0 bridgehead atoms. The van der Waals surface area contributed by atoms with Gasteiger partial charge in [0.15, 0.2) is 0 Å². The molecule has 31 heavy (non-hydrogen) atoms. The molecular weight excluding hydrogens is 396 g/mol. The number of nitrogens with zero attached hydrogens (tertiary/aromatic N) is 2. The molecule has 3 rings (SSSR count). The zero-order valence-electron chi connectivity index (χ0n) is 18.2.